The molecule has 0 bridgehead atoms. The van der Waals surface area contributed by atoms with E-state index < -0.39 is 5.91 Å². The zero-order valence-electron chi connectivity index (χ0n) is 11.6. The molecule has 0 unspecified atom stereocenters. The predicted molar refractivity (Wildman–Crippen MR) is 75.6 cm³/mol. The van der Waals surface area contributed by atoms with Gasteiger partial charge in [-0.25, -0.2) is 0 Å². The van der Waals surface area contributed by atoms with Crippen molar-refractivity contribution in [2.75, 3.05) is 5.32 Å². The largest absolute Gasteiger partial charge is 0.364 e. The van der Waals surface area contributed by atoms with Crippen LogP contribution in [0.5, 0.6) is 0 Å². The minimum Gasteiger partial charge on any atom is -0.364 e. The third kappa shape index (κ3) is 2.54. The standard InChI is InChI=1S/C14H16N4O2/c1-8-4-5-10(6-9(8)2)14(20)17-11-7-16-18(3)12(11)13(15)19/h4-7H,1-3H3,(H2,15,19)(H,17,20). The highest BCUT2D eigenvalue weighted by Crippen LogP contribution is 2.16. The number of rotatable bonds is 3. The van der Waals surface area contributed by atoms with E-state index in [0.29, 0.717) is 11.3 Å². The van der Waals surface area contributed by atoms with Gasteiger partial charge in [0.1, 0.15) is 5.69 Å². The van der Waals surface area contributed by atoms with Crippen LogP contribution in [-0.4, -0.2) is 21.6 Å². The van der Waals surface area contributed by atoms with Crippen LogP contribution in [-0.2, 0) is 7.05 Å². The number of primary amides is 1. The molecule has 0 aliphatic rings. The van der Waals surface area contributed by atoms with Crippen LogP contribution < -0.4 is 11.1 Å². The van der Waals surface area contributed by atoms with Crippen LogP contribution in [0.2, 0.25) is 0 Å². The average molecular weight is 272 g/mol. The minimum atomic E-state index is -0.639. The van der Waals surface area contributed by atoms with Crippen molar-refractivity contribution in [3.63, 3.8) is 0 Å². The Labute approximate surface area is 116 Å². The van der Waals surface area contributed by atoms with E-state index in [9.17, 15) is 9.59 Å². The highest BCUT2D eigenvalue weighted by molar-refractivity contribution is 6.08. The number of hydrogen-bond acceptors (Lipinski definition) is 3. The number of amides is 2. The fourth-order valence-corrected chi connectivity index (χ4v) is 1.90. The van der Waals surface area contributed by atoms with Gasteiger partial charge in [0.05, 0.1) is 11.9 Å². The van der Waals surface area contributed by atoms with Gasteiger partial charge in [-0.15, -0.1) is 0 Å². The van der Waals surface area contributed by atoms with Gasteiger partial charge in [0.2, 0.25) is 0 Å². The number of carbonyl (C=O) groups is 2. The maximum absolute atomic E-state index is 12.2. The first-order chi connectivity index (χ1) is 9.40. The van der Waals surface area contributed by atoms with Gasteiger partial charge >= 0.3 is 0 Å². The van der Waals surface area contributed by atoms with E-state index in [1.54, 1.807) is 19.2 Å². The highest BCUT2D eigenvalue weighted by Gasteiger charge is 2.16. The SMILES string of the molecule is Cc1ccc(C(=O)Nc2cnn(C)c2C(N)=O)cc1C. The molecule has 0 saturated heterocycles. The molecule has 3 N–H and O–H groups in total. The summed E-state index contributed by atoms with van der Waals surface area (Å²) in [6.45, 7) is 3.91. The third-order valence-corrected chi connectivity index (χ3v) is 3.19. The monoisotopic (exact) mass is 272 g/mol. The number of nitrogens with zero attached hydrogens (tertiary/aromatic N) is 2. The Morgan fingerprint density at radius 3 is 2.55 bits per heavy atom. The van der Waals surface area contributed by atoms with Crippen LogP contribution >= 0.6 is 0 Å². The minimum absolute atomic E-state index is 0.169. The molecule has 0 aliphatic heterocycles. The smallest absolute Gasteiger partial charge is 0.269 e. The van der Waals surface area contributed by atoms with Gasteiger partial charge in [-0.1, -0.05) is 6.07 Å². The van der Waals surface area contributed by atoms with Gasteiger partial charge < -0.3 is 11.1 Å². The molecule has 0 fully saturated rings. The van der Waals surface area contributed by atoms with Crippen molar-refractivity contribution < 1.29 is 9.59 Å². The summed E-state index contributed by atoms with van der Waals surface area (Å²) in [5.41, 5.74) is 8.40. The Bertz CT molecular complexity index is 688. The molecular weight excluding hydrogens is 256 g/mol. The van der Waals surface area contributed by atoms with Crippen molar-refractivity contribution >= 4 is 17.5 Å². The molecule has 0 saturated carbocycles. The number of nitrogens with one attached hydrogen (secondary N) is 1. The topological polar surface area (TPSA) is 90.0 Å². The number of aromatic nitrogens is 2. The molecule has 6 nitrogen and oxygen atoms in total. The molecule has 104 valence electrons. The zero-order valence-corrected chi connectivity index (χ0v) is 11.6. The third-order valence-electron chi connectivity index (χ3n) is 3.19. The molecule has 0 radical (unpaired) electrons. The number of anilines is 1. The van der Waals surface area contributed by atoms with Crippen molar-refractivity contribution in [1.29, 1.82) is 0 Å². The van der Waals surface area contributed by atoms with E-state index in [0.717, 1.165) is 11.1 Å². The molecule has 1 aromatic heterocycles. The van der Waals surface area contributed by atoms with Crippen molar-refractivity contribution in [2.24, 2.45) is 12.8 Å². The Morgan fingerprint density at radius 2 is 1.95 bits per heavy atom. The normalized spacial score (nSPS) is 10.3. The Hall–Kier alpha value is -2.63. The first-order valence-electron chi connectivity index (χ1n) is 6.10. The van der Waals surface area contributed by atoms with Crippen molar-refractivity contribution in [3.8, 4) is 0 Å². The Morgan fingerprint density at radius 1 is 1.25 bits per heavy atom. The highest BCUT2D eigenvalue weighted by atomic mass is 16.2. The van der Waals surface area contributed by atoms with Crippen molar-refractivity contribution in [3.05, 3.63) is 46.8 Å². The molecule has 0 spiro atoms. The van der Waals surface area contributed by atoms with E-state index in [1.165, 1.54) is 10.9 Å². The van der Waals surface area contributed by atoms with E-state index in [4.69, 9.17) is 5.73 Å². The number of carbonyl (C=O) groups excluding carboxylic acids is 2. The second kappa shape index (κ2) is 5.16. The number of benzene rings is 1. The lowest BCUT2D eigenvalue weighted by Crippen LogP contribution is -2.20. The van der Waals surface area contributed by atoms with Crippen LogP contribution in [0.4, 0.5) is 5.69 Å². The summed E-state index contributed by atoms with van der Waals surface area (Å²) in [6, 6.07) is 5.41. The van der Waals surface area contributed by atoms with Gasteiger partial charge in [-0.05, 0) is 37.1 Å². The summed E-state index contributed by atoms with van der Waals surface area (Å²) in [4.78, 5) is 23.5. The molecule has 0 aliphatic carbocycles. The van der Waals surface area contributed by atoms with E-state index in [-0.39, 0.29) is 11.6 Å². The van der Waals surface area contributed by atoms with Crippen LogP contribution in [0.3, 0.4) is 0 Å². The Balaban J connectivity index is 2.28. The maximum atomic E-state index is 12.2. The van der Waals surface area contributed by atoms with Gasteiger partial charge in [-0.3, -0.25) is 14.3 Å². The van der Waals surface area contributed by atoms with Gasteiger partial charge in [0.15, 0.2) is 0 Å². The van der Waals surface area contributed by atoms with Crippen molar-refractivity contribution in [1.82, 2.24) is 9.78 Å². The summed E-state index contributed by atoms with van der Waals surface area (Å²) in [5.74, 6) is -0.941. The molecule has 0 atom stereocenters. The number of hydrogen-bond donors (Lipinski definition) is 2. The van der Waals surface area contributed by atoms with Gasteiger partial charge in [-0.2, -0.15) is 5.10 Å². The average Bonchev–Trinajstić information content (AvgIpc) is 2.73. The van der Waals surface area contributed by atoms with E-state index in [2.05, 4.69) is 10.4 Å². The van der Waals surface area contributed by atoms with Gasteiger partial charge in [0, 0.05) is 12.6 Å². The van der Waals surface area contributed by atoms with Crippen LogP contribution in [0, 0.1) is 13.8 Å². The van der Waals surface area contributed by atoms with E-state index >= 15 is 0 Å². The lowest BCUT2D eigenvalue weighted by Gasteiger charge is -2.07. The fourth-order valence-electron chi connectivity index (χ4n) is 1.90. The van der Waals surface area contributed by atoms with Gasteiger partial charge in [0.25, 0.3) is 11.8 Å². The summed E-state index contributed by atoms with van der Waals surface area (Å²) in [6.07, 6.45) is 1.40. The second-order valence-electron chi connectivity index (χ2n) is 4.65. The molecule has 6 heteroatoms. The van der Waals surface area contributed by atoms with Crippen LogP contribution in [0.15, 0.2) is 24.4 Å². The Kier molecular flexibility index (Phi) is 3.56. The molecule has 2 rings (SSSR count). The zero-order chi connectivity index (χ0) is 14.9. The predicted octanol–water partition coefficient (Wildman–Crippen LogP) is 1.39. The summed E-state index contributed by atoms with van der Waals surface area (Å²) in [5, 5.41) is 6.57. The molecule has 2 aromatic rings. The molecule has 20 heavy (non-hydrogen) atoms. The quantitative estimate of drug-likeness (QED) is 0.884. The number of nitrogens with two attached hydrogens (primary N) is 1. The molecular formula is C14H16N4O2. The summed E-state index contributed by atoms with van der Waals surface area (Å²) < 4.78 is 1.33. The molecule has 1 aromatic carbocycles. The lowest BCUT2D eigenvalue weighted by molar-refractivity contribution is 0.0992. The second-order valence-corrected chi connectivity index (χ2v) is 4.65. The first-order valence-corrected chi connectivity index (χ1v) is 6.10. The lowest BCUT2D eigenvalue weighted by atomic mass is 10.1. The van der Waals surface area contributed by atoms with E-state index in [1.807, 2.05) is 19.9 Å². The summed E-state index contributed by atoms with van der Waals surface area (Å²) >= 11 is 0. The van der Waals surface area contributed by atoms with Crippen LogP contribution in [0.1, 0.15) is 32.0 Å². The fraction of sp³-hybridized carbons (Fsp3) is 0.214. The number of aryl methyl sites for hydroxylation is 3. The van der Waals surface area contributed by atoms with Crippen molar-refractivity contribution in [2.45, 2.75) is 13.8 Å². The molecule has 1 heterocycles. The molecule has 2 amide bonds. The summed E-state index contributed by atoms with van der Waals surface area (Å²) in [7, 11) is 1.59. The first kappa shape index (κ1) is 13.8. The maximum Gasteiger partial charge on any atom is 0.269 e. The van der Waals surface area contributed by atoms with Crippen LogP contribution in [0.25, 0.3) is 0 Å².